The quantitative estimate of drug-likeness (QED) is 0.608. The summed E-state index contributed by atoms with van der Waals surface area (Å²) in [5.41, 5.74) is 0. The summed E-state index contributed by atoms with van der Waals surface area (Å²) in [7, 11) is 3.05. The molecule has 0 bridgehead atoms. The van der Waals surface area contributed by atoms with Crippen LogP contribution in [0.25, 0.3) is 0 Å². The van der Waals surface area contributed by atoms with Gasteiger partial charge in [0.05, 0.1) is 13.2 Å². The number of nitrogens with zero attached hydrogens (tertiary/aromatic N) is 1. The maximum atomic E-state index is 11.6. The first-order valence-electron chi connectivity index (χ1n) is 4.58. The summed E-state index contributed by atoms with van der Waals surface area (Å²) in [6.45, 7) is 2.88. The predicted octanol–water partition coefficient (Wildman–Crippen LogP) is -0.511. The average Bonchev–Trinajstić information content (AvgIpc) is 2.22. The van der Waals surface area contributed by atoms with Gasteiger partial charge in [0.15, 0.2) is 0 Å². The minimum Gasteiger partial charge on any atom is -0.395 e. The molecule has 0 aromatic heterocycles. The van der Waals surface area contributed by atoms with Crippen LogP contribution in [0.1, 0.15) is 6.92 Å². The van der Waals surface area contributed by atoms with Crippen molar-refractivity contribution >= 4 is 5.91 Å². The average molecular weight is 205 g/mol. The number of aliphatic hydroxyl groups is 1. The molecule has 0 fully saturated rings. The molecule has 0 saturated carbocycles. The fraction of sp³-hybridized carbons (Fsp3) is 0.889. The second-order valence-corrected chi connectivity index (χ2v) is 2.92. The summed E-state index contributed by atoms with van der Waals surface area (Å²) in [5, 5.41) is 8.76. The van der Waals surface area contributed by atoms with E-state index in [-0.39, 0.29) is 12.5 Å². The Morgan fingerprint density at radius 2 is 2.07 bits per heavy atom. The van der Waals surface area contributed by atoms with E-state index in [1.165, 1.54) is 12.0 Å². The van der Waals surface area contributed by atoms with Crippen molar-refractivity contribution in [3.8, 4) is 0 Å². The highest BCUT2D eigenvalue weighted by atomic mass is 16.5. The fourth-order valence-electron chi connectivity index (χ4n) is 1.01. The minimum absolute atomic E-state index is 0.0497. The first kappa shape index (κ1) is 13.4. The number of hydrogen-bond donors (Lipinski definition) is 1. The summed E-state index contributed by atoms with van der Waals surface area (Å²) in [6, 6.07) is 0. The lowest BCUT2D eigenvalue weighted by molar-refractivity contribution is -0.142. The first-order valence-corrected chi connectivity index (χ1v) is 4.58. The monoisotopic (exact) mass is 205 g/mol. The molecule has 0 aliphatic rings. The molecule has 0 aliphatic heterocycles. The number of carbonyl (C=O) groups excluding carboxylic acids is 1. The van der Waals surface area contributed by atoms with E-state index in [4.69, 9.17) is 14.6 Å². The van der Waals surface area contributed by atoms with Crippen molar-refractivity contribution in [3.63, 3.8) is 0 Å². The molecule has 0 saturated heterocycles. The number of hydrogen-bond acceptors (Lipinski definition) is 4. The van der Waals surface area contributed by atoms with E-state index in [1.807, 2.05) is 0 Å². The van der Waals surface area contributed by atoms with Gasteiger partial charge in [0, 0.05) is 27.3 Å². The summed E-state index contributed by atoms with van der Waals surface area (Å²) >= 11 is 0. The number of aliphatic hydroxyl groups excluding tert-OH is 1. The molecule has 1 unspecified atom stereocenters. The Kier molecular flexibility index (Phi) is 7.37. The van der Waals surface area contributed by atoms with E-state index in [0.717, 1.165) is 0 Å². The van der Waals surface area contributed by atoms with E-state index in [9.17, 15) is 4.79 Å². The van der Waals surface area contributed by atoms with Gasteiger partial charge < -0.3 is 19.5 Å². The lowest BCUT2D eigenvalue weighted by Crippen LogP contribution is -2.42. The van der Waals surface area contributed by atoms with Gasteiger partial charge >= 0.3 is 0 Å². The van der Waals surface area contributed by atoms with Crippen LogP contribution in [0.4, 0.5) is 0 Å². The maximum absolute atomic E-state index is 11.6. The lowest BCUT2D eigenvalue weighted by Gasteiger charge is -2.23. The van der Waals surface area contributed by atoms with Crippen LogP contribution in [-0.4, -0.2) is 62.5 Å². The van der Waals surface area contributed by atoms with Crippen molar-refractivity contribution in [3.05, 3.63) is 0 Å². The highest BCUT2D eigenvalue weighted by Crippen LogP contribution is 1.98. The zero-order valence-electron chi connectivity index (χ0n) is 9.02. The van der Waals surface area contributed by atoms with Crippen LogP contribution in [0.15, 0.2) is 0 Å². The molecule has 1 amide bonds. The second kappa shape index (κ2) is 7.73. The molecule has 0 aliphatic carbocycles. The largest absolute Gasteiger partial charge is 0.395 e. The van der Waals surface area contributed by atoms with E-state index >= 15 is 0 Å². The molecule has 84 valence electrons. The highest BCUT2D eigenvalue weighted by molar-refractivity contribution is 5.80. The number of rotatable bonds is 7. The number of ether oxygens (including phenoxy) is 2. The topological polar surface area (TPSA) is 59.0 Å². The molecule has 1 N–H and O–H groups in total. The fourth-order valence-corrected chi connectivity index (χ4v) is 1.01. The lowest BCUT2D eigenvalue weighted by atomic mass is 10.3. The predicted molar refractivity (Wildman–Crippen MR) is 52.0 cm³/mol. The third kappa shape index (κ3) is 4.55. The zero-order valence-corrected chi connectivity index (χ0v) is 9.02. The van der Waals surface area contributed by atoms with Gasteiger partial charge in [-0.3, -0.25) is 4.79 Å². The van der Waals surface area contributed by atoms with Crippen LogP contribution in [0.2, 0.25) is 0 Å². The van der Waals surface area contributed by atoms with Crippen LogP contribution in [0.5, 0.6) is 0 Å². The van der Waals surface area contributed by atoms with Crippen LogP contribution in [0.3, 0.4) is 0 Å². The first-order chi connectivity index (χ1) is 6.67. The van der Waals surface area contributed by atoms with E-state index in [2.05, 4.69) is 0 Å². The standard InChI is InChI=1S/C9H19NO4/c1-8(14-3)9(12)10(4-6-11)5-7-13-2/h8,11H,4-7H2,1-3H3. The summed E-state index contributed by atoms with van der Waals surface area (Å²) < 4.78 is 9.77. The number of methoxy groups -OCH3 is 2. The van der Waals surface area contributed by atoms with Crippen molar-refractivity contribution in [1.82, 2.24) is 4.90 Å². The Morgan fingerprint density at radius 3 is 2.50 bits per heavy atom. The molecule has 5 nitrogen and oxygen atoms in total. The van der Waals surface area contributed by atoms with E-state index in [0.29, 0.717) is 19.7 Å². The van der Waals surface area contributed by atoms with Gasteiger partial charge in [-0.25, -0.2) is 0 Å². The van der Waals surface area contributed by atoms with Gasteiger partial charge in [-0.1, -0.05) is 0 Å². The summed E-state index contributed by atoms with van der Waals surface area (Å²) in [5.74, 6) is -0.126. The number of amides is 1. The minimum atomic E-state index is -0.474. The molecule has 14 heavy (non-hydrogen) atoms. The van der Waals surface area contributed by atoms with Crippen LogP contribution < -0.4 is 0 Å². The van der Waals surface area contributed by atoms with Gasteiger partial charge in [-0.05, 0) is 6.92 Å². The van der Waals surface area contributed by atoms with Crippen molar-refractivity contribution in [2.24, 2.45) is 0 Å². The SMILES string of the molecule is COCCN(CCO)C(=O)C(C)OC. The van der Waals surface area contributed by atoms with Crippen molar-refractivity contribution in [1.29, 1.82) is 0 Å². The third-order valence-electron chi connectivity index (χ3n) is 1.95. The molecule has 5 heteroatoms. The van der Waals surface area contributed by atoms with Gasteiger partial charge in [-0.15, -0.1) is 0 Å². The Balaban J connectivity index is 4.10. The highest BCUT2D eigenvalue weighted by Gasteiger charge is 2.18. The maximum Gasteiger partial charge on any atom is 0.251 e. The molecule has 0 heterocycles. The molecule has 0 aromatic rings. The van der Waals surface area contributed by atoms with E-state index in [1.54, 1.807) is 14.0 Å². The van der Waals surface area contributed by atoms with Gasteiger partial charge in [-0.2, -0.15) is 0 Å². The van der Waals surface area contributed by atoms with Crippen molar-refractivity contribution in [2.45, 2.75) is 13.0 Å². The molecular weight excluding hydrogens is 186 g/mol. The Labute approximate surface area is 84.6 Å². The Bertz CT molecular complexity index is 163. The van der Waals surface area contributed by atoms with Crippen LogP contribution >= 0.6 is 0 Å². The van der Waals surface area contributed by atoms with Crippen LogP contribution in [0, 0.1) is 0 Å². The third-order valence-corrected chi connectivity index (χ3v) is 1.95. The number of carbonyl (C=O) groups is 1. The molecular formula is C9H19NO4. The van der Waals surface area contributed by atoms with Crippen LogP contribution in [-0.2, 0) is 14.3 Å². The second-order valence-electron chi connectivity index (χ2n) is 2.92. The normalized spacial score (nSPS) is 12.6. The van der Waals surface area contributed by atoms with Crippen molar-refractivity contribution in [2.75, 3.05) is 40.5 Å². The smallest absolute Gasteiger partial charge is 0.251 e. The zero-order chi connectivity index (χ0) is 11.0. The summed E-state index contributed by atoms with van der Waals surface area (Å²) in [6.07, 6.45) is -0.474. The van der Waals surface area contributed by atoms with Gasteiger partial charge in [0.1, 0.15) is 6.10 Å². The molecule has 0 aromatic carbocycles. The van der Waals surface area contributed by atoms with Gasteiger partial charge in [0.25, 0.3) is 5.91 Å². The Morgan fingerprint density at radius 1 is 1.43 bits per heavy atom. The molecule has 1 atom stereocenters. The van der Waals surface area contributed by atoms with Crippen molar-refractivity contribution < 1.29 is 19.4 Å². The Hall–Kier alpha value is -0.650. The van der Waals surface area contributed by atoms with E-state index < -0.39 is 6.10 Å². The molecule has 0 radical (unpaired) electrons. The summed E-state index contributed by atoms with van der Waals surface area (Å²) in [4.78, 5) is 13.1. The molecule has 0 spiro atoms. The van der Waals surface area contributed by atoms with Gasteiger partial charge in [0.2, 0.25) is 0 Å². The molecule has 0 rings (SSSR count).